The van der Waals surface area contributed by atoms with Gasteiger partial charge in [-0.25, -0.2) is 0 Å². The van der Waals surface area contributed by atoms with Gasteiger partial charge in [-0.1, -0.05) is 20.8 Å². The Balaban J connectivity index is 2.63. The molecule has 2 N–H and O–H groups in total. The highest BCUT2D eigenvalue weighted by molar-refractivity contribution is 5.97. The molecule has 1 aliphatic rings. The number of carbonyl (C=O) groups is 2. The van der Waals surface area contributed by atoms with Gasteiger partial charge in [0, 0.05) is 19.3 Å². The Morgan fingerprint density at radius 2 is 1.79 bits per heavy atom. The molecule has 2 unspecified atom stereocenters. The Bertz CT molecular complexity index is 329. The molecule has 0 aromatic carbocycles. The van der Waals surface area contributed by atoms with Gasteiger partial charge in [-0.3, -0.25) is 9.59 Å². The molecule has 0 spiro atoms. The lowest BCUT2D eigenvalue weighted by Gasteiger charge is -2.31. The lowest BCUT2D eigenvalue weighted by atomic mass is 9.79. The van der Waals surface area contributed by atoms with Gasteiger partial charge in [-0.15, -0.1) is 0 Å². The number of amides is 1. The fourth-order valence-electron chi connectivity index (χ4n) is 2.52. The van der Waals surface area contributed by atoms with Crippen molar-refractivity contribution in [2.24, 2.45) is 17.3 Å². The van der Waals surface area contributed by atoms with Crippen LogP contribution in [0, 0.1) is 17.3 Å². The summed E-state index contributed by atoms with van der Waals surface area (Å²) in [6.07, 6.45) is 1.82. The molecule has 2 atom stereocenters. The van der Waals surface area contributed by atoms with Crippen molar-refractivity contribution in [1.29, 1.82) is 0 Å². The van der Waals surface area contributed by atoms with Crippen LogP contribution in [0.1, 0.15) is 40.5 Å². The van der Waals surface area contributed by atoms with E-state index >= 15 is 0 Å². The average Bonchev–Trinajstić information content (AvgIpc) is 2.27. The lowest BCUT2D eigenvalue weighted by molar-refractivity contribution is -0.152. The number of ether oxygens (including phenoxy) is 1. The molecular weight excluding hydrogens is 246 g/mol. The van der Waals surface area contributed by atoms with Crippen LogP contribution in [0.25, 0.3) is 0 Å². The van der Waals surface area contributed by atoms with Gasteiger partial charge < -0.3 is 15.2 Å². The first-order chi connectivity index (χ1) is 8.73. The van der Waals surface area contributed by atoms with E-state index in [1.165, 1.54) is 0 Å². The zero-order chi connectivity index (χ0) is 14.6. The van der Waals surface area contributed by atoms with Crippen LogP contribution in [0.15, 0.2) is 0 Å². The molecule has 1 aliphatic heterocycles. The van der Waals surface area contributed by atoms with Crippen molar-refractivity contribution in [3.8, 4) is 0 Å². The summed E-state index contributed by atoms with van der Waals surface area (Å²) in [7, 11) is 0. The minimum atomic E-state index is -1.07. The summed E-state index contributed by atoms with van der Waals surface area (Å²) in [6.45, 7) is 8.67. The molecule has 19 heavy (non-hydrogen) atoms. The molecule has 0 aromatic rings. The van der Waals surface area contributed by atoms with Crippen LogP contribution in [-0.4, -0.2) is 36.2 Å². The van der Waals surface area contributed by atoms with Crippen molar-refractivity contribution in [2.45, 2.75) is 46.6 Å². The highest BCUT2D eigenvalue weighted by Gasteiger charge is 2.38. The Morgan fingerprint density at radius 1 is 1.26 bits per heavy atom. The fraction of sp³-hybridized carbons (Fsp3) is 0.857. The third-order valence-corrected chi connectivity index (χ3v) is 3.72. The summed E-state index contributed by atoms with van der Waals surface area (Å²) in [6, 6.07) is -0.0133. The molecule has 1 rings (SSSR count). The summed E-state index contributed by atoms with van der Waals surface area (Å²) in [5, 5.41) is 12.1. The second-order valence-electron chi connectivity index (χ2n) is 6.38. The summed E-state index contributed by atoms with van der Waals surface area (Å²) in [4.78, 5) is 23.4. The topological polar surface area (TPSA) is 75.6 Å². The number of hydrogen-bond acceptors (Lipinski definition) is 3. The maximum Gasteiger partial charge on any atom is 0.316 e. The number of carbonyl (C=O) groups excluding carboxylic acids is 1. The number of aliphatic carboxylic acids is 1. The quantitative estimate of drug-likeness (QED) is 0.763. The first-order valence-corrected chi connectivity index (χ1v) is 6.84. The molecule has 1 saturated heterocycles. The van der Waals surface area contributed by atoms with Gasteiger partial charge in [-0.05, 0) is 31.1 Å². The minimum absolute atomic E-state index is 0.0133. The van der Waals surface area contributed by atoms with Crippen LogP contribution in [0.2, 0.25) is 0 Å². The molecule has 0 bridgehead atoms. The molecule has 1 amide bonds. The van der Waals surface area contributed by atoms with Gasteiger partial charge in [0.25, 0.3) is 0 Å². The number of carboxylic acid groups (broad SMARTS) is 1. The zero-order valence-corrected chi connectivity index (χ0v) is 12.2. The van der Waals surface area contributed by atoms with E-state index in [0.29, 0.717) is 19.1 Å². The van der Waals surface area contributed by atoms with Gasteiger partial charge >= 0.3 is 5.97 Å². The summed E-state index contributed by atoms with van der Waals surface area (Å²) >= 11 is 0. The smallest absolute Gasteiger partial charge is 0.316 e. The molecule has 110 valence electrons. The third-order valence-electron chi connectivity index (χ3n) is 3.72. The van der Waals surface area contributed by atoms with Crippen molar-refractivity contribution >= 4 is 11.9 Å². The highest BCUT2D eigenvalue weighted by Crippen LogP contribution is 2.27. The third kappa shape index (κ3) is 4.49. The average molecular weight is 271 g/mol. The van der Waals surface area contributed by atoms with Crippen molar-refractivity contribution in [3.63, 3.8) is 0 Å². The number of carboxylic acids is 1. The molecule has 0 aromatic heterocycles. The first kappa shape index (κ1) is 16.0. The molecule has 0 radical (unpaired) electrons. The van der Waals surface area contributed by atoms with E-state index in [-0.39, 0.29) is 11.9 Å². The second-order valence-corrected chi connectivity index (χ2v) is 6.38. The van der Waals surface area contributed by atoms with Gasteiger partial charge in [0.05, 0.1) is 0 Å². The summed E-state index contributed by atoms with van der Waals surface area (Å²) in [5.74, 6) is -2.11. The van der Waals surface area contributed by atoms with Crippen LogP contribution in [0.4, 0.5) is 0 Å². The normalized spacial score (nSPS) is 20.6. The SMILES string of the molecule is CC(NC(=O)C(C(=O)O)C(C)(C)C)C1CCOCC1. The maximum absolute atomic E-state index is 12.2. The van der Waals surface area contributed by atoms with E-state index in [1.807, 2.05) is 6.92 Å². The predicted molar refractivity (Wildman–Crippen MR) is 71.7 cm³/mol. The Kier molecular flexibility index (Phi) is 5.35. The monoisotopic (exact) mass is 271 g/mol. The largest absolute Gasteiger partial charge is 0.481 e. The van der Waals surface area contributed by atoms with E-state index in [2.05, 4.69) is 5.32 Å². The van der Waals surface area contributed by atoms with Crippen molar-refractivity contribution in [2.75, 3.05) is 13.2 Å². The first-order valence-electron chi connectivity index (χ1n) is 6.84. The maximum atomic E-state index is 12.2. The molecule has 0 aliphatic carbocycles. The van der Waals surface area contributed by atoms with Gasteiger partial charge in [-0.2, -0.15) is 0 Å². The molecule has 1 fully saturated rings. The van der Waals surface area contributed by atoms with Crippen molar-refractivity contribution in [1.82, 2.24) is 5.32 Å². The molecular formula is C14H25NO4. The van der Waals surface area contributed by atoms with Crippen LogP contribution in [-0.2, 0) is 14.3 Å². The van der Waals surface area contributed by atoms with E-state index < -0.39 is 17.3 Å². The van der Waals surface area contributed by atoms with E-state index in [1.54, 1.807) is 20.8 Å². The number of nitrogens with one attached hydrogen (secondary N) is 1. The minimum Gasteiger partial charge on any atom is -0.481 e. The number of hydrogen-bond donors (Lipinski definition) is 2. The van der Waals surface area contributed by atoms with E-state index in [9.17, 15) is 14.7 Å². The second kappa shape index (κ2) is 6.37. The Labute approximate surface area is 114 Å². The zero-order valence-electron chi connectivity index (χ0n) is 12.2. The Hall–Kier alpha value is -1.10. The van der Waals surface area contributed by atoms with Gasteiger partial charge in [0.15, 0.2) is 0 Å². The molecule has 0 saturated carbocycles. The molecule has 1 heterocycles. The number of rotatable bonds is 4. The predicted octanol–water partition coefficient (Wildman–Crippen LogP) is 1.66. The van der Waals surface area contributed by atoms with Gasteiger partial charge in [0.2, 0.25) is 5.91 Å². The van der Waals surface area contributed by atoms with E-state index in [0.717, 1.165) is 12.8 Å². The summed E-state index contributed by atoms with van der Waals surface area (Å²) < 4.78 is 5.29. The van der Waals surface area contributed by atoms with Crippen LogP contribution in [0.3, 0.4) is 0 Å². The van der Waals surface area contributed by atoms with Crippen molar-refractivity contribution < 1.29 is 19.4 Å². The van der Waals surface area contributed by atoms with E-state index in [4.69, 9.17) is 4.74 Å². The molecule has 5 nitrogen and oxygen atoms in total. The van der Waals surface area contributed by atoms with Crippen molar-refractivity contribution in [3.05, 3.63) is 0 Å². The van der Waals surface area contributed by atoms with Crippen LogP contribution < -0.4 is 5.32 Å². The van der Waals surface area contributed by atoms with Crippen LogP contribution >= 0.6 is 0 Å². The van der Waals surface area contributed by atoms with Crippen LogP contribution in [0.5, 0.6) is 0 Å². The standard InChI is InChI=1S/C14H25NO4/c1-9(10-5-7-19-8-6-10)15-12(16)11(13(17)18)14(2,3)4/h9-11H,5-8H2,1-4H3,(H,15,16)(H,17,18). The summed E-state index contributed by atoms with van der Waals surface area (Å²) in [5.41, 5.74) is -0.592. The lowest BCUT2D eigenvalue weighted by Crippen LogP contribution is -2.48. The highest BCUT2D eigenvalue weighted by atomic mass is 16.5. The molecule has 5 heteroatoms. The fourth-order valence-corrected chi connectivity index (χ4v) is 2.52. The van der Waals surface area contributed by atoms with Gasteiger partial charge in [0.1, 0.15) is 5.92 Å². The Morgan fingerprint density at radius 3 is 2.21 bits per heavy atom.